The van der Waals surface area contributed by atoms with Crippen molar-refractivity contribution in [3.63, 3.8) is 0 Å². The minimum absolute atomic E-state index is 0.887. The number of thioether (sulfide) groups is 1. The van der Waals surface area contributed by atoms with Gasteiger partial charge in [0.1, 0.15) is 0 Å². The lowest BCUT2D eigenvalue weighted by molar-refractivity contribution is 0.666. The lowest BCUT2D eigenvalue weighted by Gasteiger charge is -2.04. The van der Waals surface area contributed by atoms with Gasteiger partial charge in [0.05, 0.1) is 5.69 Å². The van der Waals surface area contributed by atoms with Crippen LogP contribution < -0.4 is 5.32 Å². The summed E-state index contributed by atoms with van der Waals surface area (Å²) in [6.45, 7) is 6.21. The highest BCUT2D eigenvalue weighted by atomic mass is 32.2. The second kappa shape index (κ2) is 7.71. The van der Waals surface area contributed by atoms with E-state index < -0.39 is 0 Å². The Balaban J connectivity index is 2.10. The standard InChI is InChI=1S/C12H20N2S/c1-3-15-9-5-8-13-10-12-7-4-6-11(2)14-12/h4,6-7,13H,3,5,8-10H2,1-2H3. The number of nitrogens with zero attached hydrogens (tertiary/aromatic N) is 1. The number of nitrogens with one attached hydrogen (secondary N) is 1. The molecule has 0 atom stereocenters. The molecule has 0 aliphatic carbocycles. The lowest BCUT2D eigenvalue weighted by Crippen LogP contribution is -2.16. The van der Waals surface area contributed by atoms with Crippen molar-refractivity contribution in [2.75, 3.05) is 18.1 Å². The Morgan fingerprint density at radius 1 is 1.40 bits per heavy atom. The van der Waals surface area contributed by atoms with Gasteiger partial charge in [0.15, 0.2) is 0 Å². The van der Waals surface area contributed by atoms with Gasteiger partial charge in [-0.2, -0.15) is 11.8 Å². The summed E-state index contributed by atoms with van der Waals surface area (Å²) in [5.41, 5.74) is 2.23. The summed E-state index contributed by atoms with van der Waals surface area (Å²) in [5, 5.41) is 3.41. The number of aromatic nitrogens is 1. The molecule has 0 fully saturated rings. The van der Waals surface area contributed by atoms with E-state index in [1.807, 2.05) is 24.8 Å². The first-order valence-electron chi connectivity index (χ1n) is 5.54. The molecule has 2 nitrogen and oxygen atoms in total. The summed E-state index contributed by atoms with van der Waals surface area (Å²) in [7, 11) is 0. The van der Waals surface area contributed by atoms with Crippen molar-refractivity contribution in [2.24, 2.45) is 0 Å². The highest BCUT2D eigenvalue weighted by Gasteiger charge is 1.94. The molecule has 0 aliphatic heterocycles. The zero-order chi connectivity index (χ0) is 10.9. The number of pyridine rings is 1. The zero-order valence-electron chi connectivity index (χ0n) is 9.62. The Kier molecular flexibility index (Phi) is 6.44. The van der Waals surface area contributed by atoms with E-state index in [4.69, 9.17) is 0 Å². The SMILES string of the molecule is CCSCCCNCc1cccc(C)n1. The average molecular weight is 224 g/mol. The third kappa shape index (κ3) is 5.80. The Morgan fingerprint density at radius 3 is 3.00 bits per heavy atom. The normalized spacial score (nSPS) is 10.5. The number of hydrogen-bond acceptors (Lipinski definition) is 3. The first-order chi connectivity index (χ1) is 7.33. The topological polar surface area (TPSA) is 24.9 Å². The smallest absolute Gasteiger partial charge is 0.0544 e. The van der Waals surface area contributed by atoms with Gasteiger partial charge in [0.2, 0.25) is 0 Å². The van der Waals surface area contributed by atoms with Crippen LogP contribution in [0.4, 0.5) is 0 Å². The second-order valence-corrected chi connectivity index (χ2v) is 4.89. The summed E-state index contributed by atoms with van der Waals surface area (Å²) >= 11 is 2.00. The fraction of sp³-hybridized carbons (Fsp3) is 0.583. The van der Waals surface area contributed by atoms with Gasteiger partial charge in [-0.3, -0.25) is 4.98 Å². The van der Waals surface area contributed by atoms with Gasteiger partial charge in [0.25, 0.3) is 0 Å². The molecule has 0 aliphatic rings. The van der Waals surface area contributed by atoms with E-state index >= 15 is 0 Å². The van der Waals surface area contributed by atoms with Gasteiger partial charge in [-0.05, 0) is 43.5 Å². The molecule has 1 rings (SSSR count). The van der Waals surface area contributed by atoms with Crippen molar-refractivity contribution in [1.29, 1.82) is 0 Å². The molecule has 0 saturated carbocycles. The largest absolute Gasteiger partial charge is 0.311 e. The van der Waals surface area contributed by atoms with E-state index in [0.29, 0.717) is 0 Å². The van der Waals surface area contributed by atoms with Crippen molar-refractivity contribution in [3.05, 3.63) is 29.6 Å². The van der Waals surface area contributed by atoms with Crippen molar-refractivity contribution in [1.82, 2.24) is 10.3 Å². The molecule has 1 N–H and O–H groups in total. The van der Waals surface area contributed by atoms with Crippen molar-refractivity contribution in [2.45, 2.75) is 26.8 Å². The third-order valence-corrected chi connectivity index (χ3v) is 3.08. The summed E-state index contributed by atoms with van der Waals surface area (Å²) < 4.78 is 0. The molecule has 1 heterocycles. The van der Waals surface area contributed by atoms with Gasteiger partial charge in [-0.15, -0.1) is 0 Å². The highest BCUT2D eigenvalue weighted by molar-refractivity contribution is 7.99. The van der Waals surface area contributed by atoms with Crippen LogP contribution in [-0.2, 0) is 6.54 Å². The third-order valence-electron chi connectivity index (χ3n) is 2.10. The average Bonchev–Trinajstić information content (AvgIpc) is 2.23. The monoisotopic (exact) mass is 224 g/mol. The van der Waals surface area contributed by atoms with Crippen molar-refractivity contribution in [3.8, 4) is 0 Å². The molecule has 3 heteroatoms. The van der Waals surface area contributed by atoms with Gasteiger partial charge in [-0.25, -0.2) is 0 Å². The van der Waals surface area contributed by atoms with Gasteiger partial charge < -0.3 is 5.32 Å². The molecule has 0 spiro atoms. The van der Waals surface area contributed by atoms with E-state index in [9.17, 15) is 0 Å². The molecule has 1 aromatic rings. The molecule has 0 radical (unpaired) electrons. The summed E-state index contributed by atoms with van der Waals surface area (Å²) in [6.07, 6.45) is 1.24. The molecule has 0 amide bonds. The molecular weight excluding hydrogens is 204 g/mol. The molecule has 0 bridgehead atoms. The molecule has 0 unspecified atom stereocenters. The molecule has 1 aromatic heterocycles. The Bertz CT molecular complexity index is 276. The first kappa shape index (κ1) is 12.5. The van der Waals surface area contributed by atoms with Crippen LogP contribution in [0.15, 0.2) is 18.2 Å². The zero-order valence-corrected chi connectivity index (χ0v) is 10.4. The number of aryl methyl sites for hydroxylation is 1. The van der Waals surface area contributed by atoms with Crippen molar-refractivity contribution < 1.29 is 0 Å². The molecule has 84 valence electrons. The van der Waals surface area contributed by atoms with E-state index in [0.717, 1.165) is 24.5 Å². The van der Waals surface area contributed by atoms with E-state index in [2.05, 4.69) is 29.4 Å². The predicted molar refractivity (Wildman–Crippen MR) is 68.3 cm³/mol. The summed E-state index contributed by atoms with van der Waals surface area (Å²) in [6, 6.07) is 6.16. The maximum Gasteiger partial charge on any atom is 0.0544 e. The van der Waals surface area contributed by atoms with Crippen LogP contribution >= 0.6 is 11.8 Å². The maximum atomic E-state index is 4.44. The molecule has 0 saturated heterocycles. The van der Waals surface area contributed by atoms with Gasteiger partial charge in [-0.1, -0.05) is 13.0 Å². The molecule has 0 aromatic carbocycles. The maximum absolute atomic E-state index is 4.44. The number of hydrogen-bond donors (Lipinski definition) is 1. The Morgan fingerprint density at radius 2 is 2.27 bits per heavy atom. The minimum atomic E-state index is 0.887. The van der Waals surface area contributed by atoms with Crippen LogP contribution in [-0.4, -0.2) is 23.0 Å². The second-order valence-electron chi connectivity index (χ2n) is 3.50. The summed E-state index contributed by atoms with van der Waals surface area (Å²) in [4.78, 5) is 4.44. The van der Waals surface area contributed by atoms with Gasteiger partial charge >= 0.3 is 0 Å². The Labute approximate surface area is 96.9 Å². The fourth-order valence-corrected chi connectivity index (χ4v) is 2.00. The van der Waals surface area contributed by atoms with Crippen LogP contribution in [0.25, 0.3) is 0 Å². The first-order valence-corrected chi connectivity index (χ1v) is 6.69. The lowest BCUT2D eigenvalue weighted by atomic mass is 10.3. The Hall–Kier alpha value is -0.540. The summed E-state index contributed by atoms with van der Waals surface area (Å²) in [5.74, 6) is 2.48. The van der Waals surface area contributed by atoms with E-state index in [1.54, 1.807) is 0 Å². The van der Waals surface area contributed by atoms with Crippen LogP contribution in [0.3, 0.4) is 0 Å². The highest BCUT2D eigenvalue weighted by Crippen LogP contribution is 2.00. The predicted octanol–water partition coefficient (Wildman–Crippen LogP) is 2.62. The quantitative estimate of drug-likeness (QED) is 0.721. The van der Waals surface area contributed by atoms with Crippen LogP contribution in [0.5, 0.6) is 0 Å². The minimum Gasteiger partial charge on any atom is -0.311 e. The van der Waals surface area contributed by atoms with Crippen LogP contribution in [0.2, 0.25) is 0 Å². The fourth-order valence-electron chi connectivity index (χ4n) is 1.36. The number of rotatable bonds is 7. The molecular formula is C12H20N2S. The van der Waals surface area contributed by atoms with Crippen LogP contribution in [0, 0.1) is 6.92 Å². The van der Waals surface area contributed by atoms with Gasteiger partial charge in [0, 0.05) is 12.2 Å². The van der Waals surface area contributed by atoms with Crippen molar-refractivity contribution >= 4 is 11.8 Å². The van der Waals surface area contributed by atoms with Crippen LogP contribution in [0.1, 0.15) is 24.7 Å². The van der Waals surface area contributed by atoms with E-state index in [1.165, 1.54) is 17.9 Å². The molecule has 15 heavy (non-hydrogen) atoms. The van der Waals surface area contributed by atoms with E-state index in [-0.39, 0.29) is 0 Å².